The summed E-state index contributed by atoms with van der Waals surface area (Å²) in [4.78, 5) is 14.7. The van der Waals surface area contributed by atoms with Crippen LogP contribution < -0.4 is 9.46 Å². The van der Waals surface area contributed by atoms with Crippen LogP contribution in [0.25, 0.3) is 0 Å². The predicted octanol–water partition coefficient (Wildman–Crippen LogP) is 4.49. The number of nitrogens with one attached hydrogen (secondary N) is 1. The van der Waals surface area contributed by atoms with Crippen molar-refractivity contribution in [2.45, 2.75) is 75.6 Å². The Bertz CT molecular complexity index is 759. The third kappa shape index (κ3) is 5.12. The van der Waals surface area contributed by atoms with E-state index in [0.29, 0.717) is 19.6 Å². The van der Waals surface area contributed by atoms with Crippen LogP contribution in [0.1, 0.15) is 56.9 Å². The number of benzene rings is 1. The smallest absolute Gasteiger partial charge is 0.410 e. The van der Waals surface area contributed by atoms with Gasteiger partial charge in [0.2, 0.25) is 0 Å². The molecule has 8 heteroatoms. The second kappa shape index (κ2) is 10.4. The minimum Gasteiger partial charge on any atom is -0.490 e. The molecule has 31 heavy (non-hydrogen) atoms. The van der Waals surface area contributed by atoms with Crippen molar-refractivity contribution in [2.24, 2.45) is 0 Å². The number of ether oxygens (including phenoxy) is 3. The van der Waals surface area contributed by atoms with E-state index in [-0.39, 0.29) is 54.4 Å². The summed E-state index contributed by atoms with van der Waals surface area (Å²) < 4.78 is 36.0. The highest BCUT2D eigenvalue weighted by atomic mass is 32.2. The Labute approximate surface area is 188 Å². The third-order valence-corrected chi connectivity index (χ3v) is 7.29. The van der Waals surface area contributed by atoms with Crippen LogP contribution in [0.5, 0.6) is 5.75 Å². The van der Waals surface area contributed by atoms with Gasteiger partial charge in [0.1, 0.15) is 0 Å². The first-order valence-electron chi connectivity index (χ1n) is 11.3. The molecule has 3 aliphatic heterocycles. The average molecular weight is 453 g/mol. The lowest BCUT2D eigenvalue weighted by Gasteiger charge is -2.33. The Balaban J connectivity index is 1.52. The predicted molar refractivity (Wildman–Crippen MR) is 119 cm³/mol. The zero-order chi connectivity index (χ0) is 21.8. The SMILES string of the molecule is CSN[C@H]1CC(C)N2C(=O)OCCCOc3cccc(c3F)C3CCC(CC3)OCC12. The van der Waals surface area contributed by atoms with E-state index in [1.807, 2.05) is 23.3 Å². The Morgan fingerprint density at radius 2 is 1.94 bits per heavy atom. The highest BCUT2D eigenvalue weighted by Crippen LogP contribution is 2.38. The summed E-state index contributed by atoms with van der Waals surface area (Å²) in [6, 6.07) is 5.58. The number of halogens is 1. The highest BCUT2D eigenvalue weighted by molar-refractivity contribution is 7.96. The molecule has 1 saturated heterocycles. The maximum Gasteiger partial charge on any atom is 0.410 e. The van der Waals surface area contributed by atoms with Gasteiger partial charge in [-0.05, 0) is 62.8 Å². The topological polar surface area (TPSA) is 60.0 Å². The van der Waals surface area contributed by atoms with E-state index < -0.39 is 0 Å². The number of nitrogens with zero attached hydrogens (tertiary/aromatic N) is 1. The summed E-state index contributed by atoms with van der Waals surface area (Å²) in [7, 11) is 0. The van der Waals surface area contributed by atoms with Crippen molar-refractivity contribution in [3.8, 4) is 5.75 Å². The molecule has 3 atom stereocenters. The molecular weight excluding hydrogens is 419 g/mol. The number of fused-ring (bicyclic) bond motifs is 8. The van der Waals surface area contributed by atoms with Crippen LogP contribution in [0, 0.1) is 5.82 Å². The van der Waals surface area contributed by atoms with Gasteiger partial charge in [0.15, 0.2) is 11.6 Å². The monoisotopic (exact) mass is 452 g/mol. The molecule has 1 aromatic carbocycles. The molecule has 2 fully saturated rings. The second-order valence-corrected chi connectivity index (χ2v) is 9.41. The van der Waals surface area contributed by atoms with Crippen molar-refractivity contribution in [2.75, 3.05) is 26.1 Å². The largest absolute Gasteiger partial charge is 0.490 e. The molecule has 1 N–H and O–H groups in total. The zero-order valence-corrected chi connectivity index (χ0v) is 19.2. The molecule has 5 rings (SSSR count). The first-order valence-corrected chi connectivity index (χ1v) is 12.6. The van der Waals surface area contributed by atoms with Gasteiger partial charge in [0.05, 0.1) is 32.0 Å². The van der Waals surface area contributed by atoms with Crippen molar-refractivity contribution < 1.29 is 23.4 Å². The number of hydrogen-bond acceptors (Lipinski definition) is 6. The van der Waals surface area contributed by atoms with Gasteiger partial charge in [-0.25, -0.2) is 9.18 Å². The van der Waals surface area contributed by atoms with Gasteiger partial charge in [-0.15, -0.1) is 0 Å². The summed E-state index contributed by atoms with van der Waals surface area (Å²) in [5, 5.41) is 0. The molecule has 2 unspecified atom stereocenters. The lowest BCUT2D eigenvalue weighted by Crippen LogP contribution is -2.48. The van der Waals surface area contributed by atoms with Gasteiger partial charge < -0.3 is 14.2 Å². The van der Waals surface area contributed by atoms with E-state index in [2.05, 4.69) is 11.6 Å². The van der Waals surface area contributed by atoms with Crippen LogP contribution in [-0.2, 0) is 9.47 Å². The molecule has 6 nitrogen and oxygen atoms in total. The van der Waals surface area contributed by atoms with Gasteiger partial charge in [-0.3, -0.25) is 9.62 Å². The second-order valence-electron chi connectivity index (χ2n) is 8.77. The van der Waals surface area contributed by atoms with Gasteiger partial charge in [-0.1, -0.05) is 24.1 Å². The molecule has 4 bridgehead atoms. The molecule has 0 radical (unpaired) electrons. The molecule has 1 aliphatic carbocycles. The molecule has 0 spiro atoms. The summed E-state index contributed by atoms with van der Waals surface area (Å²) >= 11 is 1.57. The molecule has 1 amide bonds. The average Bonchev–Trinajstić information content (AvgIpc) is 3.08. The first kappa shape index (κ1) is 22.7. The van der Waals surface area contributed by atoms with Gasteiger partial charge in [-0.2, -0.15) is 0 Å². The Morgan fingerprint density at radius 3 is 2.71 bits per heavy atom. The van der Waals surface area contributed by atoms with E-state index in [1.54, 1.807) is 18.0 Å². The lowest BCUT2D eigenvalue weighted by molar-refractivity contribution is -0.0105. The van der Waals surface area contributed by atoms with Gasteiger partial charge in [0, 0.05) is 18.5 Å². The molecule has 1 aromatic rings. The first-order chi connectivity index (χ1) is 15.1. The standard InChI is InChI=1S/C23H33FN2O4S/c1-15-13-19(25-31-2)20-14-30-17-9-7-16(8-10-17)18-5-3-6-21(22(18)24)28-11-4-12-29-23(27)26(15)20/h3,5-6,15-17,19-20,25H,4,7-14H2,1-2H3/t15?,16?,17?,19-,20?/m0/s1. The fourth-order valence-electron chi connectivity index (χ4n) is 5.15. The van der Waals surface area contributed by atoms with Crippen LogP contribution in [0.4, 0.5) is 9.18 Å². The van der Waals surface area contributed by atoms with E-state index >= 15 is 4.39 Å². The fourth-order valence-corrected chi connectivity index (χ4v) is 5.71. The maximum atomic E-state index is 15.0. The minimum atomic E-state index is -0.312. The van der Waals surface area contributed by atoms with Crippen LogP contribution in [0.15, 0.2) is 18.2 Å². The third-order valence-electron chi connectivity index (χ3n) is 6.75. The number of carbonyl (C=O) groups excluding carboxylic acids is 1. The van der Waals surface area contributed by atoms with Crippen molar-refractivity contribution in [1.82, 2.24) is 9.62 Å². The Hall–Kier alpha value is -1.51. The van der Waals surface area contributed by atoms with E-state index in [1.165, 1.54) is 0 Å². The number of amides is 1. The van der Waals surface area contributed by atoms with E-state index in [0.717, 1.165) is 37.7 Å². The lowest BCUT2D eigenvalue weighted by atomic mass is 9.82. The van der Waals surface area contributed by atoms with Gasteiger partial charge in [0.25, 0.3) is 0 Å². The molecule has 1 saturated carbocycles. The van der Waals surface area contributed by atoms with Crippen LogP contribution in [0.3, 0.4) is 0 Å². The number of rotatable bonds is 2. The van der Waals surface area contributed by atoms with Crippen LogP contribution in [0.2, 0.25) is 0 Å². The number of hydrogen-bond donors (Lipinski definition) is 1. The highest BCUT2D eigenvalue weighted by Gasteiger charge is 2.43. The summed E-state index contributed by atoms with van der Waals surface area (Å²) in [6.07, 6.45) is 6.77. The summed E-state index contributed by atoms with van der Waals surface area (Å²) in [6.45, 7) is 3.09. The van der Waals surface area contributed by atoms with E-state index in [9.17, 15) is 4.79 Å². The Kier molecular flexibility index (Phi) is 7.61. The molecule has 0 aromatic heterocycles. The van der Waals surface area contributed by atoms with Crippen LogP contribution >= 0.6 is 11.9 Å². The van der Waals surface area contributed by atoms with E-state index in [4.69, 9.17) is 14.2 Å². The molecule has 172 valence electrons. The zero-order valence-electron chi connectivity index (χ0n) is 18.3. The molecule has 4 aliphatic rings. The quantitative estimate of drug-likeness (QED) is 0.668. The molecule has 3 heterocycles. The van der Waals surface area contributed by atoms with Crippen molar-refractivity contribution >= 4 is 18.0 Å². The summed E-state index contributed by atoms with van der Waals surface area (Å²) in [5.41, 5.74) is 0.742. The normalized spacial score (nSPS) is 32.2. The fraction of sp³-hybridized carbons (Fsp3) is 0.696. The minimum absolute atomic E-state index is 0.0629. The van der Waals surface area contributed by atoms with Gasteiger partial charge >= 0.3 is 6.09 Å². The Morgan fingerprint density at radius 1 is 1.16 bits per heavy atom. The van der Waals surface area contributed by atoms with Crippen LogP contribution in [-0.4, -0.2) is 61.3 Å². The van der Waals surface area contributed by atoms with Crippen molar-refractivity contribution in [3.63, 3.8) is 0 Å². The van der Waals surface area contributed by atoms with Crippen molar-refractivity contribution in [3.05, 3.63) is 29.6 Å². The summed E-state index contributed by atoms with van der Waals surface area (Å²) in [5.74, 6) is 0.220. The number of carbonyl (C=O) groups is 1. The molecular formula is C23H33FN2O4S. The maximum absolute atomic E-state index is 15.0. The van der Waals surface area contributed by atoms with Crippen molar-refractivity contribution in [1.29, 1.82) is 0 Å².